The van der Waals surface area contributed by atoms with Gasteiger partial charge in [0.25, 0.3) is 5.91 Å². The third-order valence-electron chi connectivity index (χ3n) is 4.60. The summed E-state index contributed by atoms with van der Waals surface area (Å²) < 4.78 is 1.72. The van der Waals surface area contributed by atoms with E-state index in [1.54, 1.807) is 10.7 Å². The summed E-state index contributed by atoms with van der Waals surface area (Å²) in [5.74, 6) is 1.20. The number of hydrogen-bond donors (Lipinski definition) is 1. The summed E-state index contributed by atoms with van der Waals surface area (Å²) in [5.41, 5.74) is 2.91. The number of nitrogens with zero attached hydrogens (tertiary/aromatic N) is 4. The molecule has 0 aliphatic carbocycles. The molecule has 4 aromatic rings. The molecule has 140 valence electrons. The number of carbonyl (C=O) groups is 1. The van der Waals surface area contributed by atoms with Crippen molar-refractivity contribution in [2.75, 3.05) is 5.32 Å². The molecule has 0 aliphatic heterocycles. The number of aromatic nitrogens is 4. The molecule has 6 heteroatoms. The molecule has 0 atom stereocenters. The average Bonchev–Trinajstić information content (AvgIpc) is 3.09. The number of rotatable bonds is 4. The third kappa shape index (κ3) is 3.36. The van der Waals surface area contributed by atoms with Gasteiger partial charge in [-0.2, -0.15) is 0 Å². The van der Waals surface area contributed by atoms with Crippen molar-refractivity contribution >= 4 is 22.6 Å². The van der Waals surface area contributed by atoms with Crippen molar-refractivity contribution in [2.24, 2.45) is 0 Å². The van der Waals surface area contributed by atoms with Gasteiger partial charge in [0.15, 0.2) is 0 Å². The highest BCUT2D eigenvalue weighted by Gasteiger charge is 2.18. The van der Waals surface area contributed by atoms with Crippen LogP contribution in [0.2, 0.25) is 0 Å². The summed E-state index contributed by atoms with van der Waals surface area (Å²) in [5, 5.41) is 8.26. The lowest BCUT2D eigenvalue weighted by Gasteiger charge is -2.12. The quantitative estimate of drug-likeness (QED) is 0.573. The molecule has 0 fully saturated rings. The van der Waals surface area contributed by atoms with Crippen LogP contribution in [0.4, 0.5) is 5.82 Å². The Labute approximate surface area is 163 Å². The maximum atomic E-state index is 12.7. The molecule has 4 rings (SSSR count). The fourth-order valence-electron chi connectivity index (χ4n) is 3.19. The third-order valence-corrected chi connectivity index (χ3v) is 4.60. The molecule has 0 radical (unpaired) electrons. The van der Waals surface area contributed by atoms with Crippen LogP contribution in [0.1, 0.15) is 41.8 Å². The largest absolute Gasteiger partial charge is 0.304 e. The number of amides is 1. The predicted molar refractivity (Wildman–Crippen MR) is 110 cm³/mol. The second kappa shape index (κ2) is 7.23. The van der Waals surface area contributed by atoms with Gasteiger partial charge in [0.1, 0.15) is 11.6 Å². The Kier molecular flexibility index (Phi) is 4.61. The minimum Gasteiger partial charge on any atom is -0.304 e. The van der Waals surface area contributed by atoms with Gasteiger partial charge in [-0.1, -0.05) is 50.2 Å². The van der Waals surface area contributed by atoms with Crippen LogP contribution in [-0.4, -0.2) is 25.7 Å². The lowest BCUT2D eigenvalue weighted by Crippen LogP contribution is -2.15. The fraction of sp³-hybridized carbons (Fsp3) is 0.182. The highest BCUT2D eigenvalue weighted by atomic mass is 16.2. The van der Waals surface area contributed by atoms with Crippen molar-refractivity contribution < 1.29 is 4.79 Å². The molecular formula is C22H21N5O. The Balaban J connectivity index is 1.63. The molecule has 0 bridgehead atoms. The average molecular weight is 371 g/mol. The number of fused-ring (bicyclic) bond motifs is 1. The molecule has 0 aliphatic rings. The van der Waals surface area contributed by atoms with E-state index < -0.39 is 0 Å². The molecule has 2 heterocycles. The predicted octanol–water partition coefficient (Wildman–Crippen LogP) is 4.50. The van der Waals surface area contributed by atoms with E-state index in [4.69, 9.17) is 0 Å². The first-order valence-electron chi connectivity index (χ1n) is 9.23. The zero-order valence-corrected chi connectivity index (χ0v) is 16.0. The van der Waals surface area contributed by atoms with Gasteiger partial charge in [0.05, 0.1) is 11.2 Å². The van der Waals surface area contributed by atoms with Crippen molar-refractivity contribution in [1.29, 1.82) is 0 Å². The lowest BCUT2D eigenvalue weighted by atomic mass is 10.0. The molecule has 0 spiro atoms. The maximum absolute atomic E-state index is 12.7. The van der Waals surface area contributed by atoms with Crippen LogP contribution in [0.3, 0.4) is 0 Å². The van der Waals surface area contributed by atoms with Gasteiger partial charge in [-0.3, -0.25) is 4.79 Å². The summed E-state index contributed by atoms with van der Waals surface area (Å²) in [6.45, 7) is 6.10. The molecule has 0 saturated carbocycles. The molecular weight excluding hydrogens is 350 g/mol. The molecule has 6 nitrogen and oxygen atoms in total. The number of benzene rings is 2. The summed E-state index contributed by atoms with van der Waals surface area (Å²) >= 11 is 0. The molecule has 1 amide bonds. The van der Waals surface area contributed by atoms with Crippen LogP contribution < -0.4 is 5.32 Å². The highest BCUT2D eigenvalue weighted by molar-refractivity contribution is 6.01. The van der Waals surface area contributed by atoms with Gasteiger partial charge >= 0.3 is 0 Å². The van der Waals surface area contributed by atoms with Gasteiger partial charge < -0.3 is 5.32 Å². The first-order valence-corrected chi connectivity index (χ1v) is 9.23. The van der Waals surface area contributed by atoms with Crippen molar-refractivity contribution in [3.8, 4) is 5.69 Å². The van der Waals surface area contributed by atoms with Gasteiger partial charge in [0, 0.05) is 5.39 Å². The molecule has 0 unspecified atom stereocenters. The zero-order valence-electron chi connectivity index (χ0n) is 16.0. The molecule has 1 N–H and O–H groups in total. The lowest BCUT2D eigenvalue weighted by molar-refractivity contribution is 0.101. The summed E-state index contributed by atoms with van der Waals surface area (Å²) in [4.78, 5) is 21.5. The standard InChI is InChI=1S/C22H21N5O/c1-14(2)17-9-5-7-11-19(17)27-15(3)23-21(26-27)22(28)25-20-13-12-16-8-4-6-10-18(16)24-20/h4-14H,1-3H3,(H,24,25,28). The fourth-order valence-corrected chi connectivity index (χ4v) is 3.19. The Hall–Kier alpha value is -3.54. The van der Waals surface area contributed by atoms with Crippen LogP contribution in [0.5, 0.6) is 0 Å². The van der Waals surface area contributed by atoms with Crippen molar-refractivity contribution in [3.63, 3.8) is 0 Å². The smallest absolute Gasteiger partial charge is 0.296 e. The summed E-state index contributed by atoms with van der Waals surface area (Å²) in [7, 11) is 0. The van der Waals surface area contributed by atoms with E-state index in [0.717, 1.165) is 22.2 Å². The Morgan fingerprint density at radius 3 is 2.54 bits per heavy atom. The van der Waals surface area contributed by atoms with Crippen LogP contribution in [0, 0.1) is 6.92 Å². The number of carbonyl (C=O) groups excluding carboxylic acids is 1. The van der Waals surface area contributed by atoms with Crippen molar-refractivity contribution in [2.45, 2.75) is 26.7 Å². The van der Waals surface area contributed by atoms with E-state index >= 15 is 0 Å². The van der Waals surface area contributed by atoms with Gasteiger partial charge in [-0.15, -0.1) is 5.10 Å². The van der Waals surface area contributed by atoms with Crippen LogP contribution >= 0.6 is 0 Å². The monoisotopic (exact) mass is 371 g/mol. The number of para-hydroxylation sites is 2. The van der Waals surface area contributed by atoms with Crippen LogP contribution in [-0.2, 0) is 0 Å². The van der Waals surface area contributed by atoms with Crippen LogP contribution in [0.15, 0.2) is 60.7 Å². The number of pyridine rings is 1. The molecule has 28 heavy (non-hydrogen) atoms. The maximum Gasteiger partial charge on any atom is 0.296 e. The minimum absolute atomic E-state index is 0.117. The zero-order chi connectivity index (χ0) is 19.7. The number of aryl methyl sites for hydroxylation is 1. The summed E-state index contributed by atoms with van der Waals surface area (Å²) in [6.07, 6.45) is 0. The topological polar surface area (TPSA) is 72.7 Å². The van der Waals surface area contributed by atoms with E-state index in [2.05, 4.69) is 40.3 Å². The van der Waals surface area contributed by atoms with Gasteiger partial charge in [-0.25, -0.2) is 14.6 Å². The normalized spacial score (nSPS) is 11.1. The Morgan fingerprint density at radius 2 is 1.71 bits per heavy atom. The summed E-state index contributed by atoms with van der Waals surface area (Å²) in [6, 6.07) is 19.5. The number of nitrogens with one attached hydrogen (secondary N) is 1. The van der Waals surface area contributed by atoms with Crippen molar-refractivity contribution in [1.82, 2.24) is 19.7 Å². The van der Waals surface area contributed by atoms with E-state index in [9.17, 15) is 4.79 Å². The van der Waals surface area contributed by atoms with Crippen molar-refractivity contribution in [3.05, 3.63) is 77.9 Å². The van der Waals surface area contributed by atoms with E-state index in [-0.39, 0.29) is 11.7 Å². The Bertz CT molecular complexity index is 1160. The molecule has 0 saturated heterocycles. The SMILES string of the molecule is Cc1nc(C(=O)Nc2ccc3ccccc3n2)nn1-c1ccccc1C(C)C. The van der Waals surface area contributed by atoms with Gasteiger partial charge in [0.2, 0.25) is 5.82 Å². The van der Waals surface area contributed by atoms with Crippen LogP contribution in [0.25, 0.3) is 16.6 Å². The van der Waals surface area contributed by atoms with E-state index in [1.807, 2.05) is 55.5 Å². The number of anilines is 1. The first-order chi connectivity index (χ1) is 13.5. The highest BCUT2D eigenvalue weighted by Crippen LogP contribution is 2.23. The minimum atomic E-state index is -0.383. The number of hydrogen-bond acceptors (Lipinski definition) is 4. The van der Waals surface area contributed by atoms with E-state index in [0.29, 0.717) is 17.6 Å². The Morgan fingerprint density at radius 1 is 0.964 bits per heavy atom. The molecule has 2 aromatic heterocycles. The second-order valence-electron chi connectivity index (χ2n) is 6.95. The molecule has 2 aromatic carbocycles. The van der Waals surface area contributed by atoms with E-state index in [1.165, 1.54) is 0 Å². The second-order valence-corrected chi connectivity index (χ2v) is 6.95. The van der Waals surface area contributed by atoms with Gasteiger partial charge in [-0.05, 0) is 42.7 Å². The first kappa shape index (κ1) is 17.9.